The molecule has 70 valence electrons. The van der Waals surface area contributed by atoms with Gasteiger partial charge in [-0.1, -0.05) is 39.2 Å². The van der Waals surface area contributed by atoms with Crippen molar-refractivity contribution < 1.29 is 0 Å². The number of hydrogen-bond acceptors (Lipinski definition) is 0. The van der Waals surface area contributed by atoms with Crippen LogP contribution in [0.3, 0.4) is 0 Å². The Morgan fingerprint density at radius 3 is 2.83 bits per heavy atom. The maximum Gasteiger partial charge on any atom is -0.0121 e. The van der Waals surface area contributed by atoms with Gasteiger partial charge in [0.25, 0.3) is 0 Å². The summed E-state index contributed by atoms with van der Waals surface area (Å²) < 4.78 is 0. The van der Waals surface area contributed by atoms with E-state index >= 15 is 0 Å². The molecule has 0 radical (unpaired) electrons. The number of allylic oxidation sites excluding steroid dienone is 1. The van der Waals surface area contributed by atoms with Crippen LogP contribution in [0.2, 0.25) is 0 Å². The van der Waals surface area contributed by atoms with Gasteiger partial charge in [0.2, 0.25) is 0 Å². The second-order valence-corrected chi connectivity index (χ2v) is 4.44. The fourth-order valence-corrected chi connectivity index (χ4v) is 2.52. The van der Waals surface area contributed by atoms with Crippen molar-refractivity contribution in [3.05, 3.63) is 12.7 Å². The highest BCUT2D eigenvalue weighted by molar-refractivity contribution is 4.98. The first-order valence-electron chi connectivity index (χ1n) is 5.36. The molecule has 0 heteroatoms. The molecule has 0 aromatic rings. The van der Waals surface area contributed by atoms with E-state index < -0.39 is 0 Å². The molecule has 0 bridgehead atoms. The fraction of sp³-hybridized carbons (Fsp3) is 0.833. The van der Waals surface area contributed by atoms with E-state index in [4.69, 9.17) is 0 Å². The van der Waals surface area contributed by atoms with Gasteiger partial charge in [-0.25, -0.2) is 0 Å². The third-order valence-electron chi connectivity index (χ3n) is 3.55. The molecule has 0 aliphatic heterocycles. The molecular formula is C12H22. The van der Waals surface area contributed by atoms with Crippen molar-refractivity contribution in [2.75, 3.05) is 0 Å². The van der Waals surface area contributed by atoms with Crippen molar-refractivity contribution in [3.63, 3.8) is 0 Å². The van der Waals surface area contributed by atoms with Crippen molar-refractivity contribution >= 4 is 0 Å². The average Bonchev–Trinajstić information content (AvgIpc) is 2.10. The molecule has 0 saturated heterocycles. The van der Waals surface area contributed by atoms with E-state index in [1.807, 2.05) is 0 Å². The van der Waals surface area contributed by atoms with E-state index in [2.05, 4.69) is 26.5 Å². The van der Waals surface area contributed by atoms with Crippen molar-refractivity contribution in [2.45, 2.75) is 52.4 Å². The Balaban J connectivity index is 2.59. The molecule has 0 N–H and O–H groups in total. The van der Waals surface area contributed by atoms with Gasteiger partial charge in [0, 0.05) is 0 Å². The molecule has 0 amide bonds. The van der Waals surface area contributed by atoms with Crippen LogP contribution in [-0.4, -0.2) is 0 Å². The summed E-state index contributed by atoms with van der Waals surface area (Å²) in [5.74, 6) is 0.911. The number of rotatable bonds is 3. The summed E-state index contributed by atoms with van der Waals surface area (Å²) in [5, 5.41) is 0. The van der Waals surface area contributed by atoms with E-state index in [0.717, 1.165) is 5.92 Å². The fourth-order valence-electron chi connectivity index (χ4n) is 2.52. The van der Waals surface area contributed by atoms with Crippen LogP contribution < -0.4 is 0 Å². The van der Waals surface area contributed by atoms with E-state index in [0.29, 0.717) is 5.41 Å². The SMILES string of the molecule is C=CC1(C)CCCCC1CCC. The molecule has 2 atom stereocenters. The lowest BCUT2D eigenvalue weighted by Crippen LogP contribution is -2.28. The Bertz CT molecular complexity index is 146. The Morgan fingerprint density at radius 2 is 2.25 bits per heavy atom. The first-order chi connectivity index (χ1) is 5.73. The van der Waals surface area contributed by atoms with E-state index in [-0.39, 0.29) is 0 Å². The maximum atomic E-state index is 3.99. The molecule has 0 aromatic carbocycles. The first kappa shape index (κ1) is 9.83. The highest BCUT2D eigenvalue weighted by Crippen LogP contribution is 2.43. The van der Waals surface area contributed by atoms with E-state index in [1.54, 1.807) is 0 Å². The van der Waals surface area contributed by atoms with Gasteiger partial charge in [0.05, 0.1) is 0 Å². The molecule has 0 aromatic heterocycles. The Kier molecular flexibility index (Phi) is 3.37. The molecule has 0 heterocycles. The predicted molar refractivity (Wildman–Crippen MR) is 55.2 cm³/mol. The van der Waals surface area contributed by atoms with Gasteiger partial charge in [-0.3, -0.25) is 0 Å². The summed E-state index contributed by atoms with van der Waals surface area (Å²) in [6, 6.07) is 0. The zero-order valence-corrected chi connectivity index (χ0v) is 8.60. The van der Waals surface area contributed by atoms with Crippen LogP contribution in [0.1, 0.15) is 52.4 Å². The predicted octanol–water partition coefficient (Wildman–Crippen LogP) is 4.17. The lowest BCUT2D eigenvalue weighted by molar-refractivity contribution is 0.161. The van der Waals surface area contributed by atoms with Crippen molar-refractivity contribution in [3.8, 4) is 0 Å². The minimum Gasteiger partial charge on any atom is -0.103 e. The topological polar surface area (TPSA) is 0 Å². The molecule has 0 nitrogen and oxygen atoms in total. The molecule has 12 heavy (non-hydrogen) atoms. The Hall–Kier alpha value is -0.260. The zero-order chi connectivity index (χ0) is 9.03. The van der Waals surface area contributed by atoms with Crippen LogP contribution in [-0.2, 0) is 0 Å². The maximum absolute atomic E-state index is 3.99. The van der Waals surface area contributed by atoms with Gasteiger partial charge in [0.15, 0.2) is 0 Å². The molecular weight excluding hydrogens is 144 g/mol. The summed E-state index contributed by atoms with van der Waals surface area (Å²) in [6.07, 6.45) is 10.6. The lowest BCUT2D eigenvalue weighted by atomic mass is 9.66. The monoisotopic (exact) mass is 166 g/mol. The molecule has 0 spiro atoms. The summed E-state index contributed by atoms with van der Waals surface area (Å²) in [4.78, 5) is 0. The second kappa shape index (κ2) is 4.11. The normalized spacial score (nSPS) is 36.3. The van der Waals surface area contributed by atoms with Gasteiger partial charge in [-0.2, -0.15) is 0 Å². The van der Waals surface area contributed by atoms with Gasteiger partial charge >= 0.3 is 0 Å². The van der Waals surface area contributed by atoms with Crippen LogP contribution in [0.25, 0.3) is 0 Å². The highest BCUT2D eigenvalue weighted by Gasteiger charge is 2.32. The molecule has 1 fully saturated rings. The average molecular weight is 166 g/mol. The summed E-state index contributed by atoms with van der Waals surface area (Å²) in [7, 11) is 0. The van der Waals surface area contributed by atoms with Crippen LogP contribution in [0, 0.1) is 11.3 Å². The van der Waals surface area contributed by atoms with E-state index in [9.17, 15) is 0 Å². The molecule has 2 unspecified atom stereocenters. The van der Waals surface area contributed by atoms with Gasteiger partial charge in [-0.05, 0) is 30.6 Å². The van der Waals surface area contributed by atoms with E-state index in [1.165, 1.54) is 38.5 Å². The molecule has 1 aliphatic rings. The molecule has 1 rings (SSSR count). The summed E-state index contributed by atoms with van der Waals surface area (Å²) >= 11 is 0. The van der Waals surface area contributed by atoms with Crippen molar-refractivity contribution in [2.24, 2.45) is 11.3 Å². The second-order valence-electron chi connectivity index (χ2n) is 4.44. The summed E-state index contributed by atoms with van der Waals surface area (Å²) in [6.45, 7) is 8.67. The number of hydrogen-bond donors (Lipinski definition) is 0. The largest absolute Gasteiger partial charge is 0.103 e. The van der Waals surface area contributed by atoms with Crippen molar-refractivity contribution in [1.82, 2.24) is 0 Å². The molecule has 1 saturated carbocycles. The summed E-state index contributed by atoms with van der Waals surface area (Å²) in [5.41, 5.74) is 0.453. The Labute approximate surface area is 77.1 Å². The van der Waals surface area contributed by atoms with Crippen molar-refractivity contribution in [1.29, 1.82) is 0 Å². The van der Waals surface area contributed by atoms with Crippen LogP contribution in [0.5, 0.6) is 0 Å². The van der Waals surface area contributed by atoms with Gasteiger partial charge in [0.1, 0.15) is 0 Å². The van der Waals surface area contributed by atoms with Gasteiger partial charge in [-0.15, -0.1) is 6.58 Å². The van der Waals surface area contributed by atoms with Crippen LogP contribution >= 0.6 is 0 Å². The highest BCUT2D eigenvalue weighted by atomic mass is 14.4. The molecule has 1 aliphatic carbocycles. The first-order valence-corrected chi connectivity index (χ1v) is 5.36. The van der Waals surface area contributed by atoms with Crippen LogP contribution in [0.4, 0.5) is 0 Å². The standard InChI is InChI=1S/C12H22/c1-4-8-11-9-6-7-10-12(11,3)5-2/h5,11H,2,4,6-10H2,1,3H3. The quantitative estimate of drug-likeness (QED) is 0.552. The Morgan fingerprint density at radius 1 is 1.50 bits per heavy atom. The minimum absolute atomic E-state index is 0.453. The third-order valence-corrected chi connectivity index (χ3v) is 3.55. The third kappa shape index (κ3) is 1.91. The smallest absolute Gasteiger partial charge is 0.0121 e. The lowest BCUT2D eigenvalue weighted by Gasteiger charge is -2.39. The minimum atomic E-state index is 0.453. The van der Waals surface area contributed by atoms with Crippen LogP contribution in [0.15, 0.2) is 12.7 Å². The zero-order valence-electron chi connectivity index (χ0n) is 8.60. The van der Waals surface area contributed by atoms with Gasteiger partial charge < -0.3 is 0 Å².